The van der Waals surface area contributed by atoms with Gasteiger partial charge >= 0.3 is 24.7 Å². The van der Waals surface area contributed by atoms with Gasteiger partial charge in [0.2, 0.25) is 0 Å². The van der Waals surface area contributed by atoms with E-state index in [1.165, 1.54) is 24.3 Å². The van der Waals surface area contributed by atoms with E-state index in [1.807, 2.05) is 0 Å². The van der Waals surface area contributed by atoms with Gasteiger partial charge in [0.15, 0.2) is 0 Å². The van der Waals surface area contributed by atoms with Gasteiger partial charge in [0.25, 0.3) is 0 Å². The van der Waals surface area contributed by atoms with Crippen LogP contribution < -0.4 is 0 Å². The first-order valence-electron chi connectivity index (χ1n) is 15.0. The summed E-state index contributed by atoms with van der Waals surface area (Å²) in [6.07, 6.45) is -25.0. The van der Waals surface area contributed by atoms with E-state index in [1.54, 1.807) is 0 Å². The van der Waals surface area contributed by atoms with Crippen LogP contribution in [-0.2, 0) is 12.4 Å². The average molecular weight is 802 g/mol. The Morgan fingerprint density at radius 2 is 0.638 bits per heavy atom. The fraction of sp³-hybridized carbons (Fsp3) is 0.105. The summed E-state index contributed by atoms with van der Waals surface area (Å²) in [7, 11) is 0. The van der Waals surface area contributed by atoms with Crippen molar-refractivity contribution >= 4 is 33.4 Å². The van der Waals surface area contributed by atoms with Gasteiger partial charge in [0.1, 0.15) is 24.3 Å². The number of hydrogen-bond acceptors (Lipinski definition) is 8. The van der Waals surface area contributed by atoms with Crippen LogP contribution in [0.5, 0.6) is 0 Å². The Morgan fingerprint density at radius 3 is 0.828 bits per heavy atom. The van der Waals surface area contributed by atoms with E-state index in [0.29, 0.717) is 24.3 Å². The molecule has 282 valence electrons. The SMILES string of the molecule is N#CC1=C(C(F)(F)F)/C(=C(\C#N)c2cc(C#N)cc(C#N)c2)c2c1c(C(F)(F)F)c1c(c2C(F)(F)F)C(C#N)=C(C(F)(F)F)/C1=C(\C#N)c1cc(C#N)cc(C#N)c1. The molecule has 8 nitrogen and oxygen atoms in total. The minimum atomic E-state index is -6.35. The Kier molecular flexibility index (Phi) is 9.71. The maximum atomic E-state index is 15.6. The lowest BCUT2D eigenvalue weighted by Gasteiger charge is -2.25. The molecular weight excluding hydrogens is 796 g/mol. The summed E-state index contributed by atoms with van der Waals surface area (Å²) >= 11 is 0. The van der Waals surface area contributed by atoms with Gasteiger partial charge < -0.3 is 0 Å². The van der Waals surface area contributed by atoms with Crippen LogP contribution in [0.3, 0.4) is 0 Å². The molecule has 0 saturated heterocycles. The topological polar surface area (TPSA) is 190 Å². The van der Waals surface area contributed by atoms with Crippen molar-refractivity contribution in [2.45, 2.75) is 24.7 Å². The van der Waals surface area contributed by atoms with Crippen LogP contribution in [0.25, 0.3) is 33.4 Å². The third-order valence-corrected chi connectivity index (χ3v) is 8.54. The molecule has 20 heteroatoms. The molecule has 0 atom stereocenters. The molecule has 58 heavy (non-hydrogen) atoms. The molecule has 0 spiro atoms. The van der Waals surface area contributed by atoms with Crippen molar-refractivity contribution in [3.63, 3.8) is 0 Å². The zero-order valence-corrected chi connectivity index (χ0v) is 27.6. The Balaban J connectivity index is 2.30. The second kappa shape index (κ2) is 13.8. The standard InChI is InChI=1S/C38H6F12N8/c39-35(40,41)31-23(13-57)27-29(25(31)21(11-55)19-3-15(7-51)1-16(4-19)8-52)33(37(45,46)47)28-24(14-58)32(36(42,43)44)26(30(28)34(27)38(48,49)50)22(12-56)20-5-17(9-53)2-18(6-20)10-54/h1-6H/b25-21+,26-22+. The number of allylic oxidation sites excluding steroid dienone is 8. The zero-order valence-electron chi connectivity index (χ0n) is 27.6. The number of rotatable bonds is 2. The number of halogens is 12. The van der Waals surface area contributed by atoms with Gasteiger partial charge in [-0.3, -0.25) is 0 Å². The molecule has 0 N–H and O–H groups in total. The lowest BCUT2D eigenvalue weighted by atomic mass is 9.80. The van der Waals surface area contributed by atoms with Crippen LogP contribution in [0.2, 0.25) is 0 Å². The Bertz CT molecular complexity index is 2650. The highest BCUT2D eigenvalue weighted by atomic mass is 19.4. The summed E-state index contributed by atoms with van der Waals surface area (Å²) in [5, 5.41) is 78.3. The van der Waals surface area contributed by atoms with E-state index >= 15 is 52.7 Å². The third-order valence-electron chi connectivity index (χ3n) is 8.54. The van der Waals surface area contributed by atoms with Gasteiger partial charge in [-0.15, -0.1) is 0 Å². The molecule has 0 saturated carbocycles. The Hall–Kier alpha value is -8.30. The van der Waals surface area contributed by atoms with Gasteiger partial charge in [0, 0.05) is 33.4 Å². The molecular formula is C38H6F12N8. The van der Waals surface area contributed by atoms with E-state index in [-0.39, 0.29) is 0 Å². The van der Waals surface area contributed by atoms with Gasteiger partial charge in [-0.25, -0.2) is 0 Å². The van der Waals surface area contributed by atoms with Gasteiger partial charge in [-0.05, 0) is 47.5 Å². The van der Waals surface area contributed by atoms with Crippen LogP contribution in [0.4, 0.5) is 52.7 Å². The summed E-state index contributed by atoms with van der Waals surface area (Å²) < 4.78 is 184. The van der Waals surface area contributed by atoms with Crippen LogP contribution in [0, 0.1) is 90.6 Å². The minimum Gasteiger partial charge on any atom is -0.192 e. The van der Waals surface area contributed by atoms with Gasteiger partial charge in [0.05, 0.1) is 91.1 Å². The molecule has 0 aromatic heterocycles. The quantitative estimate of drug-likeness (QED) is 0.181. The highest BCUT2D eigenvalue weighted by Gasteiger charge is 2.59. The molecule has 0 bridgehead atoms. The largest absolute Gasteiger partial charge is 0.418 e. The molecule has 0 fully saturated rings. The molecule has 0 unspecified atom stereocenters. The molecule has 0 radical (unpaired) electrons. The lowest BCUT2D eigenvalue weighted by Crippen LogP contribution is -2.21. The number of fused-ring (bicyclic) bond motifs is 2. The zero-order chi connectivity index (χ0) is 43.4. The predicted molar refractivity (Wildman–Crippen MR) is 170 cm³/mol. The molecule has 0 aliphatic heterocycles. The maximum Gasteiger partial charge on any atom is 0.418 e. The van der Waals surface area contributed by atoms with Crippen molar-refractivity contribution in [1.82, 2.24) is 0 Å². The Labute approximate surface area is 315 Å². The molecule has 3 aromatic carbocycles. The summed E-state index contributed by atoms with van der Waals surface area (Å²) in [6, 6.07) is 13.4. The number of benzene rings is 3. The monoisotopic (exact) mass is 802 g/mol. The van der Waals surface area contributed by atoms with E-state index in [0.717, 1.165) is 36.4 Å². The van der Waals surface area contributed by atoms with Gasteiger partial charge in [-0.2, -0.15) is 94.8 Å². The highest BCUT2D eigenvalue weighted by molar-refractivity contribution is 6.22. The second-order valence-corrected chi connectivity index (χ2v) is 11.7. The predicted octanol–water partition coefficient (Wildman–Crippen LogP) is 9.79. The average Bonchev–Trinajstić information content (AvgIpc) is 3.66. The van der Waals surface area contributed by atoms with Crippen molar-refractivity contribution in [2.24, 2.45) is 0 Å². The number of nitrogens with zero attached hydrogens (tertiary/aromatic N) is 8. The van der Waals surface area contributed by atoms with E-state index in [4.69, 9.17) is 0 Å². The van der Waals surface area contributed by atoms with Crippen molar-refractivity contribution in [1.29, 1.82) is 42.1 Å². The number of nitriles is 8. The summed E-state index contributed by atoms with van der Waals surface area (Å²) in [5.41, 5.74) is -36.6. The summed E-state index contributed by atoms with van der Waals surface area (Å²) in [4.78, 5) is 0. The summed E-state index contributed by atoms with van der Waals surface area (Å²) in [6.45, 7) is 0. The molecule has 2 aliphatic carbocycles. The van der Waals surface area contributed by atoms with Crippen molar-refractivity contribution in [3.8, 4) is 48.6 Å². The second-order valence-electron chi connectivity index (χ2n) is 11.7. The van der Waals surface area contributed by atoms with Gasteiger partial charge in [-0.1, -0.05) is 0 Å². The van der Waals surface area contributed by atoms with Crippen LogP contribution in [0.15, 0.2) is 47.5 Å². The smallest absolute Gasteiger partial charge is 0.192 e. The molecule has 0 heterocycles. The minimum absolute atomic E-state index is 0.559. The Morgan fingerprint density at radius 1 is 0.362 bits per heavy atom. The summed E-state index contributed by atoms with van der Waals surface area (Å²) in [5.74, 6) is 0. The van der Waals surface area contributed by atoms with E-state index < -0.39 is 136 Å². The van der Waals surface area contributed by atoms with Crippen molar-refractivity contribution < 1.29 is 52.7 Å². The van der Waals surface area contributed by atoms with Crippen molar-refractivity contribution in [2.75, 3.05) is 0 Å². The van der Waals surface area contributed by atoms with Crippen LogP contribution in [0.1, 0.15) is 66.8 Å². The first-order valence-corrected chi connectivity index (χ1v) is 15.0. The normalized spacial score (nSPS) is 15.4. The highest BCUT2D eigenvalue weighted by Crippen LogP contribution is 2.64. The number of hydrogen-bond donors (Lipinski definition) is 0. The number of alkyl halides is 12. The maximum absolute atomic E-state index is 15.6. The first-order chi connectivity index (χ1) is 27.0. The molecule has 0 amide bonds. The van der Waals surface area contributed by atoms with E-state index in [2.05, 4.69) is 0 Å². The fourth-order valence-corrected chi connectivity index (χ4v) is 6.69. The fourth-order valence-electron chi connectivity index (χ4n) is 6.69. The van der Waals surface area contributed by atoms with E-state index in [9.17, 15) is 42.1 Å². The third kappa shape index (κ3) is 6.38. The van der Waals surface area contributed by atoms with Crippen molar-refractivity contribution in [3.05, 3.63) is 114 Å². The molecule has 2 aliphatic rings. The van der Waals surface area contributed by atoms with Crippen LogP contribution >= 0.6 is 0 Å². The lowest BCUT2D eigenvalue weighted by molar-refractivity contribution is -0.141. The first kappa shape index (κ1) is 40.9. The molecule has 5 rings (SSSR count). The van der Waals surface area contributed by atoms with Crippen LogP contribution in [-0.4, -0.2) is 12.4 Å². The molecule has 3 aromatic rings.